The molecule has 0 unspecified atom stereocenters. The molecule has 0 saturated heterocycles. The van der Waals surface area contributed by atoms with Gasteiger partial charge in [-0.1, -0.05) is 0 Å². The minimum absolute atomic E-state index is 0.0226. The summed E-state index contributed by atoms with van der Waals surface area (Å²) in [5.74, 6) is 0. The average Bonchev–Trinajstić information content (AvgIpc) is 2.29. The maximum Gasteiger partial charge on any atom is 0.272 e. The number of aryl methyl sites for hydroxylation is 1. The highest BCUT2D eigenvalue weighted by atomic mass is 16.1. The van der Waals surface area contributed by atoms with Crippen molar-refractivity contribution in [2.45, 2.75) is 13.5 Å². The Bertz CT molecular complexity index is 589. The van der Waals surface area contributed by atoms with E-state index in [-0.39, 0.29) is 5.56 Å². The van der Waals surface area contributed by atoms with Gasteiger partial charge in [-0.2, -0.15) is 0 Å². The molecule has 17 heavy (non-hydrogen) atoms. The van der Waals surface area contributed by atoms with Gasteiger partial charge in [0.05, 0.1) is 11.7 Å². The Balaban J connectivity index is 2.58. The summed E-state index contributed by atoms with van der Waals surface area (Å²) in [4.78, 5) is 22.4. The van der Waals surface area contributed by atoms with Crippen LogP contribution in [0.2, 0.25) is 0 Å². The number of aromatic nitrogens is 3. The molecule has 2 heterocycles. The summed E-state index contributed by atoms with van der Waals surface area (Å²) in [6, 6.07) is 1.83. The first-order valence-electron chi connectivity index (χ1n) is 5.55. The van der Waals surface area contributed by atoms with Crippen LogP contribution in [0.25, 0.3) is 11.0 Å². The van der Waals surface area contributed by atoms with Gasteiger partial charge in [-0.3, -0.25) is 9.78 Å². The zero-order chi connectivity index (χ0) is 12.4. The molecular formula is C12H16N4O. The standard InChI is InChI=1S/C12H16N4O/c1-9-12(17)16(7-6-15(2)3)11-4-5-13-8-10(11)14-9/h4-5,8H,6-7H2,1-3H3. The van der Waals surface area contributed by atoms with Crippen molar-refractivity contribution in [2.75, 3.05) is 20.6 Å². The highest BCUT2D eigenvalue weighted by molar-refractivity contribution is 5.73. The summed E-state index contributed by atoms with van der Waals surface area (Å²) in [6.07, 6.45) is 3.37. The second-order valence-corrected chi connectivity index (χ2v) is 4.32. The molecule has 0 radical (unpaired) electrons. The fourth-order valence-electron chi connectivity index (χ4n) is 1.75. The largest absolute Gasteiger partial charge is 0.308 e. The number of hydrogen-bond acceptors (Lipinski definition) is 4. The molecule has 5 heteroatoms. The van der Waals surface area contributed by atoms with Gasteiger partial charge in [-0.25, -0.2) is 4.98 Å². The minimum atomic E-state index is -0.0226. The first-order valence-corrected chi connectivity index (χ1v) is 5.55. The number of likely N-dealkylation sites (N-methyl/N-ethyl adjacent to an activating group) is 1. The molecule has 0 spiro atoms. The maximum absolute atomic E-state index is 12.1. The van der Waals surface area contributed by atoms with E-state index >= 15 is 0 Å². The predicted octanol–water partition coefficient (Wildman–Crippen LogP) is 0.662. The van der Waals surface area contributed by atoms with Gasteiger partial charge in [0.15, 0.2) is 0 Å². The molecule has 90 valence electrons. The summed E-state index contributed by atoms with van der Waals surface area (Å²) < 4.78 is 1.76. The third-order valence-electron chi connectivity index (χ3n) is 2.68. The van der Waals surface area contributed by atoms with E-state index in [0.717, 1.165) is 17.6 Å². The van der Waals surface area contributed by atoms with Crippen LogP contribution < -0.4 is 5.56 Å². The van der Waals surface area contributed by atoms with Gasteiger partial charge in [-0.15, -0.1) is 0 Å². The summed E-state index contributed by atoms with van der Waals surface area (Å²) >= 11 is 0. The van der Waals surface area contributed by atoms with Crippen LogP contribution in [-0.4, -0.2) is 40.1 Å². The molecule has 0 saturated carbocycles. The lowest BCUT2D eigenvalue weighted by Gasteiger charge is -2.13. The van der Waals surface area contributed by atoms with E-state index in [1.807, 2.05) is 20.2 Å². The summed E-state index contributed by atoms with van der Waals surface area (Å²) in [5.41, 5.74) is 2.11. The lowest BCUT2D eigenvalue weighted by atomic mass is 10.3. The Morgan fingerprint density at radius 3 is 2.88 bits per heavy atom. The quantitative estimate of drug-likeness (QED) is 0.780. The number of nitrogens with zero attached hydrogens (tertiary/aromatic N) is 4. The topological polar surface area (TPSA) is 51.0 Å². The highest BCUT2D eigenvalue weighted by Crippen LogP contribution is 2.07. The molecule has 0 fully saturated rings. The number of hydrogen-bond donors (Lipinski definition) is 0. The Morgan fingerprint density at radius 1 is 1.41 bits per heavy atom. The fraction of sp³-hybridized carbons (Fsp3) is 0.417. The number of rotatable bonds is 3. The molecule has 0 aliphatic rings. The highest BCUT2D eigenvalue weighted by Gasteiger charge is 2.07. The van der Waals surface area contributed by atoms with E-state index in [0.29, 0.717) is 12.2 Å². The van der Waals surface area contributed by atoms with E-state index in [9.17, 15) is 4.79 Å². The lowest BCUT2D eigenvalue weighted by molar-refractivity contribution is 0.383. The second kappa shape index (κ2) is 4.63. The van der Waals surface area contributed by atoms with Crippen LogP contribution in [-0.2, 0) is 6.54 Å². The van der Waals surface area contributed by atoms with Crippen molar-refractivity contribution in [3.63, 3.8) is 0 Å². The molecule has 0 N–H and O–H groups in total. The van der Waals surface area contributed by atoms with E-state index < -0.39 is 0 Å². The van der Waals surface area contributed by atoms with Crippen LogP contribution in [0.3, 0.4) is 0 Å². The van der Waals surface area contributed by atoms with Gasteiger partial charge in [-0.05, 0) is 27.1 Å². The third kappa shape index (κ3) is 2.34. The molecule has 2 aromatic heterocycles. The SMILES string of the molecule is Cc1nc2cnccc2n(CCN(C)C)c1=O. The van der Waals surface area contributed by atoms with Crippen molar-refractivity contribution in [1.29, 1.82) is 0 Å². The Kier molecular flexibility index (Phi) is 3.19. The van der Waals surface area contributed by atoms with Gasteiger partial charge in [0.25, 0.3) is 5.56 Å². The average molecular weight is 232 g/mol. The predicted molar refractivity (Wildman–Crippen MR) is 67.1 cm³/mol. The van der Waals surface area contributed by atoms with Crippen LogP contribution >= 0.6 is 0 Å². The third-order valence-corrected chi connectivity index (χ3v) is 2.68. The van der Waals surface area contributed by atoms with Gasteiger partial charge in [0.2, 0.25) is 0 Å². The van der Waals surface area contributed by atoms with Crippen molar-refractivity contribution >= 4 is 11.0 Å². The molecule has 0 aromatic carbocycles. The zero-order valence-corrected chi connectivity index (χ0v) is 10.3. The Morgan fingerprint density at radius 2 is 2.18 bits per heavy atom. The van der Waals surface area contributed by atoms with E-state index in [4.69, 9.17) is 0 Å². The summed E-state index contributed by atoms with van der Waals surface area (Å²) in [6.45, 7) is 3.22. The Hall–Kier alpha value is -1.75. The number of pyridine rings is 1. The van der Waals surface area contributed by atoms with Crippen LogP contribution in [0.5, 0.6) is 0 Å². The van der Waals surface area contributed by atoms with Crippen molar-refractivity contribution in [3.8, 4) is 0 Å². The monoisotopic (exact) mass is 232 g/mol. The molecule has 0 amide bonds. The summed E-state index contributed by atoms with van der Waals surface area (Å²) in [7, 11) is 3.98. The van der Waals surface area contributed by atoms with E-state index in [1.54, 1.807) is 23.9 Å². The Labute approximate surface area is 99.7 Å². The van der Waals surface area contributed by atoms with E-state index in [2.05, 4.69) is 14.9 Å². The van der Waals surface area contributed by atoms with Gasteiger partial charge >= 0.3 is 0 Å². The molecule has 2 aromatic rings. The maximum atomic E-state index is 12.1. The minimum Gasteiger partial charge on any atom is -0.308 e. The zero-order valence-electron chi connectivity index (χ0n) is 10.3. The van der Waals surface area contributed by atoms with Crippen LogP contribution in [0.1, 0.15) is 5.69 Å². The fourth-order valence-corrected chi connectivity index (χ4v) is 1.75. The molecule has 5 nitrogen and oxygen atoms in total. The van der Waals surface area contributed by atoms with Gasteiger partial charge < -0.3 is 9.47 Å². The molecule has 0 aliphatic heterocycles. The van der Waals surface area contributed by atoms with Crippen molar-refractivity contribution in [3.05, 3.63) is 34.5 Å². The van der Waals surface area contributed by atoms with E-state index in [1.165, 1.54) is 0 Å². The van der Waals surface area contributed by atoms with Gasteiger partial charge in [0, 0.05) is 19.3 Å². The normalized spacial score (nSPS) is 11.3. The molecule has 0 bridgehead atoms. The molecule has 0 atom stereocenters. The van der Waals surface area contributed by atoms with Crippen molar-refractivity contribution in [1.82, 2.24) is 19.4 Å². The molecular weight excluding hydrogens is 216 g/mol. The second-order valence-electron chi connectivity index (χ2n) is 4.32. The lowest BCUT2D eigenvalue weighted by Crippen LogP contribution is -2.29. The van der Waals surface area contributed by atoms with Crippen molar-refractivity contribution < 1.29 is 0 Å². The number of fused-ring (bicyclic) bond motifs is 1. The summed E-state index contributed by atoms with van der Waals surface area (Å²) in [5, 5.41) is 0. The first-order chi connectivity index (χ1) is 8.09. The van der Waals surface area contributed by atoms with Crippen molar-refractivity contribution in [2.24, 2.45) is 0 Å². The van der Waals surface area contributed by atoms with Crippen LogP contribution in [0, 0.1) is 6.92 Å². The van der Waals surface area contributed by atoms with Crippen LogP contribution in [0.4, 0.5) is 0 Å². The smallest absolute Gasteiger partial charge is 0.272 e. The first kappa shape index (κ1) is 11.7. The van der Waals surface area contributed by atoms with Gasteiger partial charge in [0.1, 0.15) is 11.2 Å². The molecule has 2 rings (SSSR count). The molecule has 0 aliphatic carbocycles. The van der Waals surface area contributed by atoms with Crippen LogP contribution in [0.15, 0.2) is 23.3 Å².